The van der Waals surface area contributed by atoms with Crippen molar-refractivity contribution >= 4 is 29.3 Å². The van der Waals surface area contributed by atoms with Gasteiger partial charge >= 0.3 is 7.18 Å². The molecule has 0 aromatic heterocycles. The van der Waals surface area contributed by atoms with Crippen LogP contribution in [-0.2, 0) is 0 Å². The lowest BCUT2D eigenvalue weighted by Gasteiger charge is -1.89. The molecule has 0 spiro atoms. The number of rotatable bonds is 0. The Morgan fingerprint density at radius 2 is 1.20 bits per heavy atom. The first-order chi connectivity index (χ1) is 2.00. The van der Waals surface area contributed by atoms with Gasteiger partial charge < -0.3 is 9.59 Å². The van der Waals surface area contributed by atoms with Crippen LogP contribution in [0.4, 0.5) is 0 Å². The average molecular weight is 133 g/mol. The van der Waals surface area contributed by atoms with Gasteiger partial charge in [0.25, 0.3) is 0 Å². The maximum Gasteiger partial charge on any atom is 0.545 e. The molecule has 5 heavy (non-hydrogen) atoms. The smallest absolute Gasteiger partial charge is 0.388 e. The van der Waals surface area contributed by atoms with Gasteiger partial charge in [-0.1, -0.05) is 22.2 Å². The van der Waals surface area contributed by atoms with Crippen molar-refractivity contribution in [1.82, 2.24) is 0 Å². The molecule has 2 N–H and O–H groups in total. The fraction of sp³-hybridized carbons (Fsp3) is 0. The molecule has 0 atom stereocenters. The van der Waals surface area contributed by atoms with Crippen molar-refractivity contribution in [3.8, 4) is 0 Å². The highest BCUT2D eigenvalue weighted by atomic mass is 35.7. The first kappa shape index (κ1) is 5.72. The van der Waals surface area contributed by atoms with Crippen molar-refractivity contribution < 1.29 is 9.59 Å². The van der Waals surface area contributed by atoms with E-state index in [1.807, 2.05) is 0 Å². The Morgan fingerprint density at radius 3 is 1.20 bits per heavy atom. The average Bonchev–Trinajstić information content (AvgIpc) is 0.722. The highest BCUT2D eigenvalue weighted by Crippen LogP contribution is 2.01. The molecule has 0 bridgehead atoms. The highest BCUT2D eigenvalue weighted by molar-refractivity contribution is 7.38. The molecule has 0 aromatic carbocycles. The molecule has 0 fully saturated rings. The molecule has 0 aliphatic rings. The van der Waals surface area contributed by atoms with Gasteiger partial charge in [-0.05, 0) is 0 Å². The van der Waals surface area contributed by atoms with E-state index in [0.29, 0.717) is 0 Å². The number of hydrogen-bond donors (Lipinski definition) is 2. The molecule has 0 aliphatic carbocycles. The summed E-state index contributed by atoms with van der Waals surface area (Å²) < 4.78 is 0. The predicted molar refractivity (Wildman–Crippen MR) is 21.9 cm³/mol. The van der Waals surface area contributed by atoms with Crippen LogP contribution in [0.2, 0.25) is 0 Å². The van der Waals surface area contributed by atoms with E-state index >= 15 is 0 Å². The van der Waals surface area contributed by atoms with Crippen LogP contribution < -0.4 is 0 Å². The summed E-state index contributed by atoms with van der Waals surface area (Å²) in [5.74, 6) is 0. The SMILES string of the molecule is O[Si](O)(Cl)Cl. The summed E-state index contributed by atoms with van der Waals surface area (Å²) >= 11 is 9.09. The third kappa shape index (κ3) is 67.7. The molecule has 0 aromatic rings. The summed E-state index contributed by atoms with van der Waals surface area (Å²) in [6.07, 6.45) is 0. The van der Waals surface area contributed by atoms with E-state index in [1.54, 1.807) is 0 Å². The number of hydrogen-bond acceptors (Lipinski definition) is 2. The van der Waals surface area contributed by atoms with Crippen LogP contribution in [0.3, 0.4) is 0 Å². The molecule has 0 rings (SSSR count). The standard InChI is InChI=1S/Cl2H2O2Si/c1-5(2,3)4/h3-4H. The molecule has 0 aliphatic heterocycles. The van der Waals surface area contributed by atoms with Gasteiger partial charge in [-0.15, -0.1) is 0 Å². The third-order valence-electron chi connectivity index (χ3n) is 0. The minimum atomic E-state index is -3.67. The van der Waals surface area contributed by atoms with Crippen molar-refractivity contribution in [1.29, 1.82) is 0 Å². The predicted octanol–water partition coefficient (Wildman–Crippen LogP) is -0.116. The summed E-state index contributed by atoms with van der Waals surface area (Å²) in [6, 6.07) is 0. The third-order valence-corrected chi connectivity index (χ3v) is 0. The Hall–Kier alpha value is 0.717. The summed E-state index contributed by atoms with van der Waals surface area (Å²) in [7, 11) is -3.67. The Morgan fingerprint density at radius 1 is 1.20 bits per heavy atom. The molecular weight excluding hydrogens is 131 g/mol. The second-order valence-corrected chi connectivity index (χ2v) is 5.27. The van der Waals surface area contributed by atoms with Crippen molar-refractivity contribution in [2.24, 2.45) is 0 Å². The number of halogens is 2. The molecule has 0 unspecified atom stereocenters. The zero-order valence-electron chi connectivity index (χ0n) is 2.15. The molecule has 2 nitrogen and oxygen atoms in total. The lowest BCUT2D eigenvalue weighted by molar-refractivity contribution is 0.422. The maximum atomic E-state index is 7.75. The first-order valence-electron chi connectivity index (χ1n) is 0.825. The Labute approximate surface area is 39.6 Å². The van der Waals surface area contributed by atoms with Crippen LogP contribution in [0.5, 0.6) is 0 Å². The van der Waals surface area contributed by atoms with Gasteiger partial charge in [0.1, 0.15) is 0 Å². The monoisotopic (exact) mass is 132 g/mol. The summed E-state index contributed by atoms with van der Waals surface area (Å²) in [4.78, 5) is 15.5. The normalized spacial score (nSPS) is 12.0. The lowest BCUT2D eigenvalue weighted by atomic mass is 15.8. The van der Waals surface area contributed by atoms with E-state index in [9.17, 15) is 0 Å². The van der Waals surface area contributed by atoms with Gasteiger partial charge in [-0.2, -0.15) is 0 Å². The minimum Gasteiger partial charge on any atom is -0.388 e. The fourth-order valence-electron chi connectivity index (χ4n) is 0. The van der Waals surface area contributed by atoms with Gasteiger partial charge in [0, 0.05) is 0 Å². The molecular formula is H2Cl2O2Si. The molecule has 0 amide bonds. The van der Waals surface area contributed by atoms with Crippen LogP contribution in [0.25, 0.3) is 0 Å². The van der Waals surface area contributed by atoms with E-state index in [4.69, 9.17) is 9.59 Å². The molecule has 32 valence electrons. The van der Waals surface area contributed by atoms with E-state index in [-0.39, 0.29) is 0 Å². The molecule has 0 saturated heterocycles. The van der Waals surface area contributed by atoms with Crippen LogP contribution in [0.15, 0.2) is 0 Å². The van der Waals surface area contributed by atoms with Crippen molar-refractivity contribution in [3.05, 3.63) is 0 Å². The van der Waals surface area contributed by atoms with Crippen LogP contribution in [-0.4, -0.2) is 16.8 Å². The van der Waals surface area contributed by atoms with Gasteiger partial charge in [-0.3, -0.25) is 0 Å². The lowest BCUT2D eigenvalue weighted by Crippen LogP contribution is -2.15. The van der Waals surface area contributed by atoms with Crippen LogP contribution >= 0.6 is 22.2 Å². The Kier molecular flexibility index (Phi) is 1.65. The highest BCUT2D eigenvalue weighted by Gasteiger charge is 2.20. The Balaban J connectivity index is 3.02. The molecule has 0 radical (unpaired) electrons. The largest absolute Gasteiger partial charge is 0.545 e. The Bertz CT molecular complexity index is 23.1. The van der Waals surface area contributed by atoms with E-state index in [1.165, 1.54) is 0 Å². The zero-order chi connectivity index (χ0) is 4.50. The second-order valence-electron chi connectivity index (χ2n) is 0.509. The van der Waals surface area contributed by atoms with E-state index < -0.39 is 7.18 Å². The van der Waals surface area contributed by atoms with Crippen molar-refractivity contribution in [2.45, 2.75) is 0 Å². The molecule has 5 heteroatoms. The van der Waals surface area contributed by atoms with E-state index in [2.05, 4.69) is 22.2 Å². The second kappa shape index (κ2) is 1.44. The maximum absolute atomic E-state index is 7.75. The van der Waals surface area contributed by atoms with Crippen molar-refractivity contribution in [2.75, 3.05) is 0 Å². The van der Waals surface area contributed by atoms with Crippen LogP contribution in [0, 0.1) is 0 Å². The van der Waals surface area contributed by atoms with Gasteiger partial charge in [-0.25, -0.2) is 0 Å². The van der Waals surface area contributed by atoms with Gasteiger partial charge in [0.15, 0.2) is 0 Å². The van der Waals surface area contributed by atoms with Gasteiger partial charge in [0.05, 0.1) is 0 Å². The quantitative estimate of drug-likeness (QED) is 0.357. The van der Waals surface area contributed by atoms with Gasteiger partial charge in [0.2, 0.25) is 0 Å². The topological polar surface area (TPSA) is 40.5 Å². The summed E-state index contributed by atoms with van der Waals surface area (Å²) in [6.45, 7) is 0. The van der Waals surface area contributed by atoms with E-state index in [0.717, 1.165) is 0 Å². The summed E-state index contributed by atoms with van der Waals surface area (Å²) in [5, 5.41) is 0. The van der Waals surface area contributed by atoms with Crippen molar-refractivity contribution in [3.63, 3.8) is 0 Å². The fourth-order valence-corrected chi connectivity index (χ4v) is 0. The van der Waals surface area contributed by atoms with Crippen LogP contribution in [0.1, 0.15) is 0 Å². The molecule has 0 heterocycles. The summed E-state index contributed by atoms with van der Waals surface area (Å²) in [5.41, 5.74) is 0. The first-order valence-corrected chi connectivity index (χ1v) is 4.74. The zero-order valence-corrected chi connectivity index (χ0v) is 4.66. The minimum absolute atomic E-state index is 3.67. The molecule has 0 saturated carbocycles.